The Morgan fingerprint density at radius 3 is 2.18 bits per heavy atom. The Bertz CT molecular complexity index is 784. The van der Waals surface area contributed by atoms with Gasteiger partial charge in [-0.2, -0.15) is 0 Å². The maximum atomic E-state index is 12.9. The second-order valence-corrected chi connectivity index (χ2v) is 10.3. The van der Waals surface area contributed by atoms with E-state index in [0.29, 0.717) is 5.75 Å². The normalized spacial score (nSPS) is 28.1. The number of amides is 1. The first kappa shape index (κ1) is 30.4. The summed E-state index contributed by atoms with van der Waals surface area (Å²) in [5, 5.41) is 2.67. The first-order valence-electron chi connectivity index (χ1n) is 10.3. The third kappa shape index (κ3) is 7.68. The summed E-state index contributed by atoms with van der Waals surface area (Å²) in [6, 6.07) is -2.27. The number of nitrogens with two attached hydrogens (primary N) is 1. The molecule has 0 aromatic carbocycles. The van der Waals surface area contributed by atoms with Crippen molar-refractivity contribution in [3.8, 4) is 0 Å². The van der Waals surface area contributed by atoms with Gasteiger partial charge in [0.2, 0.25) is 10.8 Å². The second-order valence-electron chi connectivity index (χ2n) is 7.40. The molecule has 0 aromatic heterocycles. The minimum Gasteiger partial charge on any atom is -0.466 e. The van der Waals surface area contributed by atoms with Gasteiger partial charge in [-0.15, -0.1) is 11.8 Å². The summed E-state index contributed by atoms with van der Waals surface area (Å²) in [6.45, 7) is 6.25. The Hall–Kier alpha value is -1.65. The van der Waals surface area contributed by atoms with E-state index in [0.717, 1.165) is 18.9 Å². The van der Waals surface area contributed by atoms with Crippen molar-refractivity contribution in [3.05, 3.63) is 0 Å². The number of methoxy groups -OCH3 is 1. The van der Waals surface area contributed by atoms with Crippen molar-refractivity contribution in [1.29, 1.82) is 0 Å². The van der Waals surface area contributed by atoms with Gasteiger partial charge in [-0.3, -0.25) is 19.2 Å². The molecular formula is C20H31IN2O10S. The molecule has 4 unspecified atom stereocenters. The van der Waals surface area contributed by atoms with Crippen LogP contribution in [0.2, 0.25) is 0 Å². The standard InChI is InChI=1S/C20H31IN2O10S/c1-7-34-20(19(28)29-6)18(22)17(32-12(5)27)15(23-9(2)24)16(33-20)14(21)13(31-11(4)26)8-30-10(3)25/h13-18H,7-8,22H2,1-6H3,(H,23,24)/t13?,14?,15-,16?,17?,18-,20+/m0/s1. The van der Waals surface area contributed by atoms with Crippen molar-refractivity contribution in [1.82, 2.24) is 5.32 Å². The maximum absolute atomic E-state index is 12.9. The molecule has 0 aromatic rings. The lowest BCUT2D eigenvalue weighted by atomic mass is 9.87. The molecule has 0 bridgehead atoms. The van der Waals surface area contributed by atoms with Crippen LogP contribution in [0.3, 0.4) is 0 Å². The molecule has 1 saturated heterocycles. The maximum Gasteiger partial charge on any atom is 0.350 e. The smallest absolute Gasteiger partial charge is 0.350 e. The van der Waals surface area contributed by atoms with Gasteiger partial charge in [0, 0.05) is 27.7 Å². The van der Waals surface area contributed by atoms with Crippen LogP contribution in [0.1, 0.15) is 34.6 Å². The van der Waals surface area contributed by atoms with E-state index in [1.807, 2.05) is 22.6 Å². The Morgan fingerprint density at radius 1 is 1.12 bits per heavy atom. The van der Waals surface area contributed by atoms with E-state index in [4.69, 9.17) is 29.4 Å². The number of rotatable bonds is 10. The van der Waals surface area contributed by atoms with Gasteiger partial charge in [0.1, 0.15) is 12.7 Å². The number of esters is 4. The molecule has 1 amide bonds. The summed E-state index contributed by atoms with van der Waals surface area (Å²) in [7, 11) is 1.16. The number of carbonyl (C=O) groups excluding carboxylic acids is 5. The van der Waals surface area contributed by atoms with E-state index < -0.39 is 69.0 Å². The van der Waals surface area contributed by atoms with Crippen LogP contribution in [0, 0.1) is 0 Å². The summed E-state index contributed by atoms with van der Waals surface area (Å²) < 4.78 is 26.3. The summed E-state index contributed by atoms with van der Waals surface area (Å²) in [4.78, 5) is 58.3. The monoisotopic (exact) mass is 618 g/mol. The lowest BCUT2D eigenvalue weighted by Gasteiger charge is -2.51. The zero-order valence-corrected chi connectivity index (χ0v) is 22.8. The first-order chi connectivity index (χ1) is 15.8. The molecule has 1 fully saturated rings. The molecule has 0 spiro atoms. The van der Waals surface area contributed by atoms with E-state index in [2.05, 4.69) is 5.32 Å². The zero-order valence-electron chi connectivity index (χ0n) is 19.8. The highest BCUT2D eigenvalue weighted by molar-refractivity contribution is 14.1. The van der Waals surface area contributed by atoms with Gasteiger partial charge in [-0.05, 0) is 5.75 Å². The lowest BCUT2D eigenvalue weighted by Crippen LogP contribution is -2.75. The number of hydrogen-bond acceptors (Lipinski definition) is 12. The van der Waals surface area contributed by atoms with Crippen molar-refractivity contribution in [2.24, 2.45) is 5.73 Å². The van der Waals surface area contributed by atoms with Crippen LogP contribution in [-0.2, 0) is 47.7 Å². The van der Waals surface area contributed by atoms with Gasteiger partial charge in [0.15, 0.2) is 6.10 Å². The summed E-state index contributed by atoms with van der Waals surface area (Å²) in [6.07, 6.45) is -3.33. The zero-order chi connectivity index (χ0) is 26.2. The van der Waals surface area contributed by atoms with Crippen LogP contribution < -0.4 is 11.1 Å². The number of thioether (sulfide) groups is 1. The highest BCUT2D eigenvalue weighted by Gasteiger charge is 2.62. The molecule has 14 heteroatoms. The summed E-state index contributed by atoms with van der Waals surface area (Å²) in [5.41, 5.74) is 6.42. The lowest BCUT2D eigenvalue weighted by molar-refractivity contribution is -0.199. The number of halogens is 1. The SMILES string of the molecule is CCS[C@]1(C(=O)OC)OC(C(I)C(COC(C)=O)OC(C)=O)[C@H](NC(C)=O)C(OC(C)=O)[C@@H]1N. The number of ether oxygens (including phenoxy) is 5. The highest BCUT2D eigenvalue weighted by atomic mass is 127. The molecule has 7 atom stereocenters. The average Bonchev–Trinajstić information content (AvgIpc) is 2.73. The van der Waals surface area contributed by atoms with Crippen molar-refractivity contribution >= 4 is 64.1 Å². The predicted molar refractivity (Wildman–Crippen MR) is 129 cm³/mol. The van der Waals surface area contributed by atoms with Crippen molar-refractivity contribution in [2.45, 2.75) is 73.9 Å². The van der Waals surface area contributed by atoms with Crippen molar-refractivity contribution in [2.75, 3.05) is 19.5 Å². The molecule has 0 aliphatic carbocycles. The van der Waals surface area contributed by atoms with E-state index in [1.165, 1.54) is 27.7 Å². The van der Waals surface area contributed by atoms with E-state index >= 15 is 0 Å². The first-order valence-corrected chi connectivity index (χ1v) is 12.6. The van der Waals surface area contributed by atoms with E-state index in [1.54, 1.807) is 6.92 Å². The molecular weight excluding hydrogens is 587 g/mol. The minimum absolute atomic E-state index is 0.314. The van der Waals surface area contributed by atoms with E-state index in [9.17, 15) is 24.0 Å². The van der Waals surface area contributed by atoms with Gasteiger partial charge >= 0.3 is 23.9 Å². The summed E-state index contributed by atoms with van der Waals surface area (Å²) in [5.74, 6) is -2.87. The average molecular weight is 618 g/mol. The third-order valence-corrected chi connectivity index (χ3v) is 7.51. The Morgan fingerprint density at radius 2 is 1.74 bits per heavy atom. The molecule has 0 radical (unpaired) electrons. The fraction of sp³-hybridized carbons (Fsp3) is 0.750. The van der Waals surface area contributed by atoms with Crippen molar-refractivity contribution in [3.63, 3.8) is 0 Å². The molecule has 34 heavy (non-hydrogen) atoms. The third-order valence-electron chi connectivity index (χ3n) is 4.75. The van der Waals surface area contributed by atoms with E-state index in [-0.39, 0.29) is 6.61 Å². The van der Waals surface area contributed by atoms with Crippen LogP contribution >= 0.6 is 34.4 Å². The number of carbonyl (C=O) groups is 5. The second kappa shape index (κ2) is 13.4. The number of alkyl halides is 1. The fourth-order valence-corrected chi connectivity index (χ4v) is 5.61. The van der Waals surface area contributed by atoms with Crippen LogP contribution in [0.4, 0.5) is 0 Å². The predicted octanol–water partition coefficient (Wildman–Crippen LogP) is 0.0697. The molecule has 0 saturated carbocycles. The quantitative estimate of drug-likeness (QED) is 0.147. The largest absolute Gasteiger partial charge is 0.466 e. The van der Waals surface area contributed by atoms with Gasteiger partial charge in [-0.25, -0.2) is 4.79 Å². The molecule has 1 aliphatic heterocycles. The molecule has 1 rings (SSSR count). The topological polar surface area (TPSA) is 170 Å². The van der Waals surface area contributed by atoms with Crippen LogP contribution in [0.25, 0.3) is 0 Å². The number of nitrogens with one attached hydrogen (secondary N) is 1. The van der Waals surface area contributed by atoms with Crippen LogP contribution in [0.15, 0.2) is 0 Å². The van der Waals surface area contributed by atoms with Gasteiger partial charge in [-0.1, -0.05) is 29.5 Å². The highest BCUT2D eigenvalue weighted by Crippen LogP contribution is 2.42. The van der Waals surface area contributed by atoms with Gasteiger partial charge in [0.25, 0.3) is 0 Å². The number of hydrogen-bond donors (Lipinski definition) is 2. The van der Waals surface area contributed by atoms with Crippen LogP contribution in [-0.4, -0.2) is 88.5 Å². The van der Waals surface area contributed by atoms with Gasteiger partial charge < -0.3 is 34.7 Å². The van der Waals surface area contributed by atoms with Crippen molar-refractivity contribution < 1.29 is 47.7 Å². The summed E-state index contributed by atoms with van der Waals surface area (Å²) >= 11 is 2.94. The molecule has 194 valence electrons. The van der Waals surface area contributed by atoms with Crippen LogP contribution in [0.5, 0.6) is 0 Å². The molecule has 12 nitrogen and oxygen atoms in total. The molecule has 1 heterocycles. The Balaban J connectivity index is 3.63. The minimum atomic E-state index is -1.81. The van der Waals surface area contributed by atoms with Gasteiger partial charge in [0.05, 0.1) is 29.2 Å². The molecule has 3 N–H and O–H groups in total. The fourth-order valence-electron chi connectivity index (χ4n) is 3.53. The Labute approximate surface area is 215 Å². The Kier molecular flexibility index (Phi) is 12.0. The molecule has 1 aliphatic rings.